The first-order valence-electron chi connectivity index (χ1n) is 8.46. The minimum absolute atomic E-state index is 0.294. The predicted molar refractivity (Wildman–Crippen MR) is 102 cm³/mol. The molecule has 0 spiro atoms. The number of hydrogen-bond acceptors (Lipinski definition) is 4. The van der Waals surface area contributed by atoms with Gasteiger partial charge in [-0.05, 0) is 36.2 Å². The fourth-order valence-electron chi connectivity index (χ4n) is 3.16. The van der Waals surface area contributed by atoms with Crippen molar-refractivity contribution in [2.24, 2.45) is 5.92 Å². The second kappa shape index (κ2) is 7.40. The minimum atomic E-state index is -0.971. The Labute approximate surface area is 162 Å². The van der Waals surface area contributed by atoms with Gasteiger partial charge in [0.05, 0.1) is 23.9 Å². The number of carbonyl (C=O) groups excluding carboxylic acids is 3. The number of methoxy groups -OCH3 is 1. The lowest BCUT2D eigenvalue weighted by atomic mass is 10.0. The molecule has 7 heteroatoms. The zero-order valence-corrected chi connectivity index (χ0v) is 15.9. The summed E-state index contributed by atoms with van der Waals surface area (Å²) in [5, 5.41) is 3.16. The molecule has 0 bridgehead atoms. The van der Waals surface area contributed by atoms with Crippen molar-refractivity contribution in [3.05, 3.63) is 58.6 Å². The van der Waals surface area contributed by atoms with Crippen LogP contribution in [-0.4, -0.2) is 35.8 Å². The van der Waals surface area contributed by atoms with Crippen LogP contribution in [0.2, 0.25) is 5.02 Å². The van der Waals surface area contributed by atoms with E-state index < -0.39 is 23.8 Å². The molecule has 2 aromatic rings. The predicted octanol–water partition coefficient (Wildman–Crippen LogP) is 3.61. The molecule has 1 aliphatic heterocycles. The standard InChI is InChI=1S/C20H19ClN2O4/c1-11(2)17(18(24)22-15-10-12(21)8-9-16(15)27-3)23-19(25)13-6-4-5-7-14(13)20(23)26/h4-11,17H,1-3H3,(H,22,24)/t17-/m1/s1. The van der Waals surface area contributed by atoms with Crippen molar-refractivity contribution in [2.45, 2.75) is 19.9 Å². The molecule has 0 aromatic heterocycles. The maximum atomic E-state index is 13.0. The summed E-state index contributed by atoms with van der Waals surface area (Å²) in [6.07, 6.45) is 0. The Morgan fingerprint density at radius 2 is 1.67 bits per heavy atom. The van der Waals surface area contributed by atoms with Gasteiger partial charge >= 0.3 is 0 Å². The van der Waals surface area contributed by atoms with E-state index in [9.17, 15) is 14.4 Å². The number of benzene rings is 2. The number of imide groups is 1. The molecule has 3 amide bonds. The highest BCUT2D eigenvalue weighted by Gasteiger charge is 2.44. The number of fused-ring (bicyclic) bond motifs is 1. The van der Waals surface area contributed by atoms with Gasteiger partial charge in [0, 0.05) is 5.02 Å². The molecule has 1 N–H and O–H groups in total. The summed E-state index contributed by atoms with van der Waals surface area (Å²) in [5.74, 6) is -1.29. The van der Waals surface area contributed by atoms with Gasteiger partial charge in [0.2, 0.25) is 5.91 Å². The van der Waals surface area contributed by atoms with Crippen molar-refractivity contribution in [1.82, 2.24) is 4.90 Å². The van der Waals surface area contributed by atoms with E-state index in [0.29, 0.717) is 27.6 Å². The summed E-state index contributed by atoms with van der Waals surface area (Å²) in [6, 6.07) is 10.4. The average molecular weight is 387 g/mol. The third-order valence-corrected chi connectivity index (χ3v) is 4.66. The van der Waals surface area contributed by atoms with Crippen molar-refractivity contribution in [3.63, 3.8) is 0 Å². The number of anilines is 1. The second-order valence-electron chi connectivity index (χ2n) is 6.55. The first-order valence-corrected chi connectivity index (χ1v) is 8.84. The molecule has 0 aliphatic carbocycles. The number of nitrogens with zero attached hydrogens (tertiary/aromatic N) is 1. The first-order chi connectivity index (χ1) is 12.8. The SMILES string of the molecule is COc1ccc(Cl)cc1NC(=O)[C@@H](C(C)C)N1C(=O)c2ccccc2C1=O. The van der Waals surface area contributed by atoms with E-state index >= 15 is 0 Å². The van der Waals surface area contributed by atoms with Gasteiger partial charge in [-0.1, -0.05) is 37.6 Å². The first kappa shape index (κ1) is 18.9. The van der Waals surface area contributed by atoms with E-state index in [1.165, 1.54) is 7.11 Å². The van der Waals surface area contributed by atoms with Gasteiger partial charge < -0.3 is 10.1 Å². The number of ether oxygens (including phenoxy) is 1. The molecule has 140 valence electrons. The number of rotatable bonds is 5. The summed E-state index contributed by atoms with van der Waals surface area (Å²) >= 11 is 6.01. The van der Waals surface area contributed by atoms with E-state index in [1.54, 1.807) is 56.3 Å². The smallest absolute Gasteiger partial charge is 0.262 e. The lowest BCUT2D eigenvalue weighted by Gasteiger charge is -2.28. The number of hydrogen-bond donors (Lipinski definition) is 1. The highest BCUT2D eigenvalue weighted by atomic mass is 35.5. The van der Waals surface area contributed by atoms with Gasteiger partial charge in [-0.15, -0.1) is 0 Å². The topological polar surface area (TPSA) is 75.7 Å². The van der Waals surface area contributed by atoms with Crippen LogP contribution in [0.5, 0.6) is 5.75 Å². The fraction of sp³-hybridized carbons (Fsp3) is 0.250. The molecule has 27 heavy (non-hydrogen) atoms. The number of nitrogens with one attached hydrogen (secondary N) is 1. The number of carbonyl (C=O) groups is 3. The molecule has 1 aliphatic rings. The normalized spacial score (nSPS) is 14.3. The molecule has 6 nitrogen and oxygen atoms in total. The van der Waals surface area contributed by atoms with Crippen LogP contribution < -0.4 is 10.1 Å². The lowest BCUT2D eigenvalue weighted by molar-refractivity contribution is -0.121. The second-order valence-corrected chi connectivity index (χ2v) is 6.99. The molecular weight excluding hydrogens is 368 g/mol. The van der Waals surface area contributed by atoms with E-state index in [4.69, 9.17) is 16.3 Å². The third-order valence-electron chi connectivity index (χ3n) is 4.42. The molecule has 0 radical (unpaired) electrons. The Balaban J connectivity index is 1.93. The van der Waals surface area contributed by atoms with Crippen molar-refractivity contribution in [2.75, 3.05) is 12.4 Å². The third kappa shape index (κ3) is 3.40. The largest absolute Gasteiger partial charge is 0.495 e. The highest BCUT2D eigenvalue weighted by molar-refractivity contribution is 6.31. The van der Waals surface area contributed by atoms with Gasteiger partial charge in [0.15, 0.2) is 0 Å². The van der Waals surface area contributed by atoms with Gasteiger partial charge in [-0.2, -0.15) is 0 Å². The molecule has 1 atom stereocenters. The summed E-state index contributed by atoms with van der Waals surface area (Å²) in [7, 11) is 1.48. The van der Waals surface area contributed by atoms with Crippen LogP contribution in [0.4, 0.5) is 5.69 Å². The minimum Gasteiger partial charge on any atom is -0.495 e. The van der Waals surface area contributed by atoms with E-state index in [2.05, 4.69) is 5.32 Å². The quantitative estimate of drug-likeness (QED) is 0.796. The molecule has 0 fully saturated rings. The number of amides is 3. The zero-order valence-electron chi connectivity index (χ0n) is 15.2. The average Bonchev–Trinajstić information content (AvgIpc) is 2.87. The molecule has 0 saturated carbocycles. The van der Waals surface area contributed by atoms with Crippen LogP contribution in [0, 0.1) is 5.92 Å². The Morgan fingerprint density at radius 1 is 1.07 bits per heavy atom. The molecule has 0 saturated heterocycles. The summed E-state index contributed by atoms with van der Waals surface area (Å²) in [4.78, 5) is 39.6. The van der Waals surface area contributed by atoms with Gasteiger partial charge in [-0.25, -0.2) is 0 Å². The zero-order chi connectivity index (χ0) is 19.7. The summed E-state index contributed by atoms with van der Waals surface area (Å²) < 4.78 is 5.24. The monoisotopic (exact) mass is 386 g/mol. The van der Waals surface area contributed by atoms with Crippen LogP contribution in [-0.2, 0) is 4.79 Å². The van der Waals surface area contributed by atoms with E-state index in [0.717, 1.165) is 4.90 Å². The maximum Gasteiger partial charge on any atom is 0.262 e. The molecular formula is C20H19ClN2O4. The van der Waals surface area contributed by atoms with Crippen LogP contribution in [0.1, 0.15) is 34.6 Å². The summed E-state index contributed by atoms with van der Waals surface area (Å²) in [6.45, 7) is 3.56. The maximum absolute atomic E-state index is 13.0. The Bertz CT molecular complexity index is 891. The van der Waals surface area contributed by atoms with Crippen LogP contribution in [0.25, 0.3) is 0 Å². The van der Waals surface area contributed by atoms with E-state index in [1.807, 2.05) is 0 Å². The van der Waals surface area contributed by atoms with Gasteiger partial charge in [-0.3, -0.25) is 19.3 Å². The Kier molecular flexibility index (Phi) is 5.19. The molecule has 0 unspecified atom stereocenters. The molecule has 3 rings (SSSR count). The van der Waals surface area contributed by atoms with Gasteiger partial charge in [0.1, 0.15) is 11.8 Å². The van der Waals surface area contributed by atoms with Crippen molar-refractivity contribution >= 4 is 35.0 Å². The lowest BCUT2D eigenvalue weighted by Crippen LogP contribution is -2.50. The van der Waals surface area contributed by atoms with Crippen molar-refractivity contribution in [3.8, 4) is 5.75 Å². The molecule has 1 heterocycles. The highest BCUT2D eigenvalue weighted by Crippen LogP contribution is 2.31. The number of halogens is 1. The fourth-order valence-corrected chi connectivity index (χ4v) is 3.34. The van der Waals surface area contributed by atoms with Gasteiger partial charge in [0.25, 0.3) is 11.8 Å². The van der Waals surface area contributed by atoms with E-state index in [-0.39, 0.29) is 5.92 Å². The molecule has 2 aromatic carbocycles. The van der Waals surface area contributed by atoms with Crippen molar-refractivity contribution in [1.29, 1.82) is 0 Å². The Hall–Kier alpha value is -2.86. The van der Waals surface area contributed by atoms with Crippen molar-refractivity contribution < 1.29 is 19.1 Å². The summed E-state index contributed by atoms with van der Waals surface area (Å²) in [5.41, 5.74) is 0.986. The van der Waals surface area contributed by atoms with Crippen LogP contribution >= 0.6 is 11.6 Å². The Morgan fingerprint density at radius 3 is 2.19 bits per heavy atom. The van der Waals surface area contributed by atoms with Crippen LogP contribution in [0.3, 0.4) is 0 Å². The van der Waals surface area contributed by atoms with Crippen LogP contribution in [0.15, 0.2) is 42.5 Å².